The molecule has 1 N–H and O–H groups in total. The molecule has 3 rings (SSSR count). The molecule has 6 nitrogen and oxygen atoms in total. The number of para-hydroxylation sites is 2. The third kappa shape index (κ3) is 6.88. The van der Waals surface area contributed by atoms with Crippen LogP contribution < -0.4 is 4.74 Å². The summed E-state index contributed by atoms with van der Waals surface area (Å²) in [7, 11) is 0. The topological polar surface area (TPSA) is 59.8 Å². The van der Waals surface area contributed by atoms with Gasteiger partial charge in [0.25, 0.3) is 0 Å². The molecule has 2 aromatic carbocycles. The zero-order chi connectivity index (χ0) is 24.5. The summed E-state index contributed by atoms with van der Waals surface area (Å²) in [4.78, 5) is 2.17. The summed E-state index contributed by atoms with van der Waals surface area (Å²) in [5, 5.41) is 15.4. The summed E-state index contributed by atoms with van der Waals surface area (Å²) in [6.45, 7) is 10.1. The first-order chi connectivity index (χ1) is 16.4. The van der Waals surface area contributed by atoms with Gasteiger partial charge in [-0.15, -0.1) is 0 Å². The number of rotatable bonds is 13. The fourth-order valence-corrected chi connectivity index (χ4v) is 3.83. The maximum Gasteiger partial charge on any atom is 0.227 e. The molecule has 0 spiro atoms. The van der Waals surface area contributed by atoms with Crippen molar-refractivity contribution < 1.29 is 19.0 Å². The fraction of sp³-hybridized carbons (Fsp3) is 0.444. The first-order valence-electron chi connectivity index (χ1n) is 12.0. The van der Waals surface area contributed by atoms with E-state index in [2.05, 4.69) is 11.8 Å². The monoisotopic (exact) mass is 469 g/mol. The van der Waals surface area contributed by atoms with E-state index in [0.29, 0.717) is 25.4 Å². The van der Waals surface area contributed by atoms with Crippen LogP contribution in [-0.4, -0.2) is 51.7 Å². The van der Waals surface area contributed by atoms with Crippen LogP contribution in [0.4, 0.5) is 4.39 Å². The second kappa shape index (κ2) is 12.6. The Hall–Kier alpha value is -2.74. The van der Waals surface area contributed by atoms with E-state index in [9.17, 15) is 9.50 Å². The third-order valence-electron chi connectivity index (χ3n) is 5.41. The third-order valence-corrected chi connectivity index (χ3v) is 5.41. The molecule has 7 heteroatoms. The lowest BCUT2D eigenvalue weighted by Crippen LogP contribution is -2.35. The van der Waals surface area contributed by atoms with Gasteiger partial charge in [-0.2, -0.15) is 5.10 Å². The largest absolute Gasteiger partial charge is 0.435 e. The maximum absolute atomic E-state index is 14.5. The van der Waals surface area contributed by atoms with Crippen molar-refractivity contribution in [2.75, 3.05) is 19.7 Å². The van der Waals surface area contributed by atoms with Crippen LogP contribution in [0.25, 0.3) is 5.69 Å². The number of aliphatic hydroxyl groups excluding tert-OH is 1. The number of ether oxygens (including phenoxy) is 2. The van der Waals surface area contributed by atoms with Gasteiger partial charge in [0.2, 0.25) is 5.88 Å². The van der Waals surface area contributed by atoms with Crippen molar-refractivity contribution in [3.05, 3.63) is 71.7 Å². The number of aromatic nitrogens is 2. The number of aliphatic hydroxyl groups is 1. The lowest BCUT2D eigenvalue weighted by atomic mass is 10.1. The summed E-state index contributed by atoms with van der Waals surface area (Å²) in [5.41, 5.74) is 2.60. The molecule has 0 radical (unpaired) electrons. The Morgan fingerprint density at radius 1 is 1.06 bits per heavy atom. The highest BCUT2D eigenvalue weighted by molar-refractivity contribution is 5.44. The highest BCUT2D eigenvalue weighted by atomic mass is 19.1. The van der Waals surface area contributed by atoms with Crippen molar-refractivity contribution in [1.82, 2.24) is 14.7 Å². The predicted octanol–water partition coefficient (Wildman–Crippen LogP) is 5.36. The number of aryl methyl sites for hydroxylation is 1. The van der Waals surface area contributed by atoms with Gasteiger partial charge in [-0.3, -0.25) is 4.90 Å². The van der Waals surface area contributed by atoms with E-state index in [1.54, 1.807) is 22.9 Å². The first-order valence-corrected chi connectivity index (χ1v) is 12.0. The van der Waals surface area contributed by atoms with Gasteiger partial charge in [0.15, 0.2) is 11.6 Å². The molecule has 0 saturated heterocycles. The smallest absolute Gasteiger partial charge is 0.227 e. The predicted molar refractivity (Wildman–Crippen MR) is 132 cm³/mol. The molecule has 0 saturated carbocycles. The Morgan fingerprint density at radius 2 is 1.76 bits per heavy atom. The van der Waals surface area contributed by atoms with Crippen molar-refractivity contribution in [2.45, 2.75) is 59.3 Å². The number of nitrogens with zero attached hydrogens (tertiary/aromatic N) is 3. The zero-order valence-corrected chi connectivity index (χ0v) is 20.6. The lowest BCUT2D eigenvalue weighted by molar-refractivity contribution is -0.00958. The average Bonchev–Trinajstić information content (AvgIpc) is 3.17. The quantitative estimate of drug-likeness (QED) is 0.365. The maximum atomic E-state index is 14.5. The van der Waals surface area contributed by atoms with Gasteiger partial charge in [0.05, 0.1) is 35.8 Å². The molecule has 3 aromatic rings. The molecule has 0 fully saturated rings. The second-order valence-electron chi connectivity index (χ2n) is 8.63. The molecular formula is C27H36FN3O3. The molecule has 0 aliphatic carbocycles. The van der Waals surface area contributed by atoms with Crippen LogP contribution in [0.5, 0.6) is 11.6 Å². The molecule has 0 aliphatic heterocycles. The summed E-state index contributed by atoms with van der Waals surface area (Å²) in [6.07, 6.45) is 1.07. The Kier molecular flexibility index (Phi) is 9.62. The molecule has 1 heterocycles. The van der Waals surface area contributed by atoms with Crippen molar-refractivity contribution in [3.63, 3.8) is 0 Å². The van der Waals surface area contributed by atoms with E-state index >= 15 is 0 Å². The van der Waals surface area contributed by atoms with E-state index in [-0.39, 0.29) is 18.5 Å². The van der Waals surface area contributed by atoms with E-state index in [1.807, 2.05) is 51.1 Å². The van der Waals surface area contributed by atoms with Crippen molar-refractivity contribution in [1.29, 1.82) is 0 Å². The number of hydrogen-bond donors (Lipinski definition) is 1. The van der Waals surface area contributed by atoms with Gasteiger partial charge in [-0.05, 0) is 57.5 Å². The van der Waals surface area contributed by atoms with Crippen LogP contribution in [0.2, 0.25) is 0 Å². The molecule has 34 heavy (non-hydrogen) atoms. The van der Waals surface area contributed by atoms with E-state index < -0.39 is 11.9 Å². The molecule has 1 atom stereocenters. The van der Waals surface area contributed by atoms with E-state index in [1.165, 1.54) is 6.07 Å². The average molecular weight is 470 g/mol. The van der Waals surface area contributed by atoms with Crippen LogP contribution in [0.15, 0.2) is 54.6 Å². The highest BCUT2D eigenvalue weighted by Crippen LogP contribution is 2.33. The number of benzene rings is 2. The molecule has 0 amide bonds. The van der Waals surface area contributed by atoms with Crippen LogP contribution in [-0.2, 0) is 17.7 Å². The van der Waals surface area contributed by atoms with E-state index in [0.717, 1.165) is 29.9 Å². The van der Waals surface area contributed by atoms with Crippen LogP contribution in [0.1, 0.15) is 45.4 Å². The Morgan fingerprint density at radius 3 is 2.41 bits per heavy atom. The van der Waals surface area contributed by atoms with Crippen LogP contribution in [0.3, 0.4) is 0 Å². The molecule has 1 unspecified atom stereocenters. The Bertz CT molecular complexity index is 1020. The van der Waals surface area contributed by atoms with Gasteiger partial charge in [-0.1, -0.05) is 44.2 Å². The zero-order valence-electron chi connectivity index (χ0n) is 20.6. The minimum atomic E-state index is -0.612. The Labute approximate surface area is 201 Å². The molecule has 1 aromatic heterocycles. The van der Waals surface area contributed by atoms with Gasteiger partial charge >= 0.3 is 0 Å². The van der Waals surface area contributed by atoms with Gasteiger partial charge in [0, 0.05) is 13.1 Å². The highest BCUT2D eigenvalue weighted by Gasteiger charge is 2.24. The summed E-state index contributed by atoms with van der Waals surface area (Å²) < 4.78 is 28.0. The Balaban J connectivity index is 1.98. The number of hydrogen-bond acceptors (Lipinski definition) is 5. The van der Waals surface area contributed by atoms with Gasteiger partial charge in [0.1, 0.15) is 0 Å². The van der Waals surface area contributed by atoms with Crippen molar-refractivity contribution in [3.8, 4) is 17.3 Å². The lowest BCUT2D eigenvalue weighted by Gasteiger charge is -2.25. The molecule has 184 valence electrons. The van der Waals surface area contributed by atoms with Crippen LogP contribution in [0, 0.1) is 5.82 Å². The van der Waals surface area contributed by atoms with Crippen molar-refractivity contribution >= 4 is 0 Å². The SMILES string of the molecule is CCCN(Cc1c(CC)nn(-c2ccccc2)c1Oc1ccccc1F)CC(O)COC(C)C. The van der Waals surface area contributed by atoms with Crippen LogP contribution >= 0.6 is 0 Å². The minimum Gasteiger partial charge on any atom is -0.435 e. The summed E-state index contributed by atoms with van der Waals surface area (Å²) in [5.74, 6) is 0.206. The van der Waals surface area contributed by atoms with Gasteiger partial charge < -0.3 is 14.6 Å². The molecule has 0 aliphatic rings. The summed E-state index contributed by atoms with van der Waals surface area (Å²) in [6, 6.07) is 16.1. The van der Waals surface area contributed by atoms with Gasteiger partial charge in [-0.25, -0.2) is 9.07 Å². The standard InChI is InChI=1S/C27H36FN3O3/c1-5-16-30(17-22(32)19-33-20(3)4)18-23-25(6-2)29-31(21-12-8-7-9-13-21)27(23)34-26-15-11-10-14-24(26)28/h7-15,20,22,32H,5-6,16-19H2,1-4H3. The molecular weight excluding hydrogens is 433 g/mol. The first kappa shape index (κ1) is 25.9. The molecule has 0 bridgehead atoms. The second-order valence-corrected chi connectivity index (χ2v) is 8.63. The normalized spacial score (nSPS) is 12.5. The van der Waals surface area contributed by atoms with Crippen molar-refractivity contribution in [2.24, 2.45) is 0 Å². The summed E-state index contributed by atoms with van der Waals surface area (Å²) >= 11 is 0. The van der Waals surface area contributed by atoms with E-state index in [4.69, 9.17) is 14.6 Å². The number of halogens is 1. The fourth-order valence-electron chi connectivity index (χ4n) is 3.83. The minimum absolute atomic E-state index is 0.0610.